The second kappa shape index (κ2) is 6.34. The van der Waals surface area contributed by atoms with Crippen LogP contribution in [0.4, 0.5) is 4.79 Å². The van der Waals surface area contributed by atoms with E-state index in [2.05, 4.69) is 4.98 Å². The topological polar surface area (TPSA) is 70.6 Å². The number of urea groups is 1. The van der Waals surface area contributed by atoms with Crippen molar-refractivity contribution in [1.29, 1.82) is 0 Å². The fourth-order valence-corrected chi connectivity index (χ4v) is 3.90. The van der Waals surface area contributed by atoms with Crippen LogP contribution in [0.1, 0.15) is 49.4 Å². The van der Waals surface area contributed by atoms with Gasteiger partial charge in [-0.25, -0.2) is 4.79 Å². The molecule has 0 bridgehead atoms. The Kier molecular flexibility index (Phi) is 4.39. The molecule has 2 fully saturated rings. The van der Waals surface area contributed by atoms with E-state index in [1.165, 1.54) is 17.5 Å². The molecule has 24 heavy (non-hydrogen) atoms. The Bertz CT molecular complexity index is 655. The lowest BCUT2D eigenvalue weighted by atomic mass is 9.75. The number of pyridine rings is 1. The summed E-state index contributed by atoms with van der Waals surface area (Å²) in [5.41, 5.74) is -0.431. The van der Waals surface area contributed by atoms with Crippen LogP contribution in [-0.2, 0) is 4.79 Å². The Morgan fingerprint density at radius 3 is 2.62 bits per heavy atom. The monoisotopic (exact) mass is 329 g/mol. The molecule has 1 aromatic rings. The van der Waals surface area contributed by atoms with E-state index in [1.807, 2.05) is 6.92 Å². The lowest BCUT2D eigenvalue weighted by molar-refractivity contribution is -0.135. The van der Waals surface area contributed by atoms with Crippen molar-refractivity contribution in [3.63, 3.8) is 0 Å². The predicted molar refractivity (Wildman–Crippen MR) is 88.4 cm³/mol. The van der Waals surface area contributed by atoms with Gasteiger partial charge in [-0.15, -0.1) is 0 Å². The highest BCUT2D eigenvalue weighted by Gasteiger charge is 2.56. The van der Waals surface area contributed by atoms with E-state index in [9.17, 15) is 14.4 Å². The van der Waals surface area contributed by atoms with Gasteiger partial charge in [-0.2, -0.15) is 0 Å². The van der Waals surface area contributed by atoms with Crippen molar-refractivity contribution in [1.82, 2.24) is 14.8 Å². The Morgan fingerprint density at radius 1 is 1.29 bits per heavy atom. The summed E-state index contributed by atoms with van der Waals surface area (Å²) >= 11 is 0. The summed E-state index contributed by atoms with van der Waals surface area (Å²) in [5.74, 6) is -0.364. The summed E-state index contributed by atoms with van der Waals surface area (Å²) in [7, 11) is 1.67. The highest BCUT2D eigenvalue weighted by molar-refractivity contribution is 6.11. The number of carbonyl (C=O) groups is 3. The first-order valence-corrected chi connectivity index (χ1v) is 8.49. The first-order chi connectivity index (χ1) is 11.5. The smallest absolute Gasteiger partial charge is 0.313 e. The summed E-state index contributed by atoms with van der Waals surface area (Å²) in [4.78, 5) is 44.5. The second-order valence-corrected chi connectivity index (χ2v) is 6.88. The Hall–Kier alpha value is -2.24. The summed E-state index contributed by atoms with van der Waals surface area (Å²) in [6.07, 6.45) is 8.29. The van der Waals surface area contributed by atoms with E-state index in [1.54, 1.807) is 25.4 Å². The lowest BCUT2D eigenvalue weighted by Gasteiger charge is -2.38. The fraction of sp³-hybridized carbons (Fsp3) is 0.556. The van der Waals surface area contributed by atoms with Crippen molar-refractivity contribution >= 4 is 17.7 Å². The van der Waals surface area contributed by atoms with Gasteiger partial charge in [0.2, 0.25) is 0 Å². The summed E-state index contributed by atoms with van der Waals surface area (Å²) < 4.78 is 0. The average molecular weight is 329 g/mol. The molecule has 128 valence electrons. The van der Waals surface area contributed by atoms with Gasteiger partial charge < -0.3 is 4.90 Å². The number of likely N-dealkylation sites (N-methyl/N-ethyl adjacent to an activating group) is 1. The van der Waals surface area contributed by atoms with Crippen LogP contribution in [0.15, 0.2) is 24.5 Å². The maximum absolute atomic E-state index is 13.0. The number of Topliss-reactive ketones (excluding diaryl/α,β-unsaturated/α-hetero) is 1. The minimum atomic E-state index is -0.841. The Labute approximate surface area is 141 Å². The molecular weight excluding hydrogens is 306 g/mol. The molecule has 0 aromatic carbocycles. The maximum atomic E-state index is 13.0. The summed E-state index contributed by atoms with van der Waals surface area (Å²) in [6.45, 7) is 1.62. The van der Waals surface area contributed by atoms with Crippen molar-refractivity contribution in [3.8, 4) is 0 Å². The van der Waals surface area contributed by atoms with E-state index < -0.39 is 5.54 Å². The molecule has 1 aliphatic heterocycles. The molecule has 1 unspecified atom stereocenters. The number of ketones is 1. The fourth-order valence-electron chi connectivity index (χ4n) is 3.90. The van der Waals surface area contributed by atoms with E-state index in [4.69, 9.17) is 0 Å². The lowest BCUT2D eigenvalue weighted by Crippen LogP contribution is -2.52. The van der Waals surface area contributed by atoms with E-state index in [-0.39, 0.29) is 30.2 Å². The SMILES string of the molecule is CN1C(=O)N(CC(=O)c2cccnc2)C(=O)C1(C)C1CCCCC1. The van der Waals surface area contributed by atoms with Gasteiger partial charge in [0.05, 0.1) is 6.54 Å². The third kappa shape index (κ3) is 2.60. The van der Waals surface area contributed by atoms with Gasteiger partial charge in [-0.3, -0.25) is 19.5 Å². The number of hydrogen-bond acceptors (Lipinski definition) is 4. The molecule has 6 nitrogen and oxygen atoms in total. The number of rotatable bonds is 4. The van der Waals surface area contributed by atoms with Crippen LogP contribution in [0, 0.1) is 5.92 Å². The second-order valence-electron chi connectivity index (χ2n) is 6.88. The highest BCUT2D eigenvalue weighted by atomic mass is 16.2. The molecule has 0 radical (unpaired) electrons. The molecule has 3 rings (SSSR count). The molecule has 1 saturated carbocycles. The zero-order valence-electron chi connectivity index (χ0n) is 14.2. The van der Waals surface area contributed by atoms with Crippen LogP contribution < -0.4 is 0 Å². The van der Waals surface area contributed by atoms with Crippen molar-refractivity contribution in [2.75, 3.05) is 13.6 Å². The number of imide groups is 1. The van der Waals surface area contributed by atoms with Crippen LogP contribution in [0.3, 0.4) is 0 Å². The van der Waals surface area contributed by atoms with Crippen molar-refractivity contribution < 1.29 is 14.4 Å². The summed E-state index contributed by atoms with van der Waals surface area (Å²) in [6, 6.07) is 2.93. The van der Waals surface area contributed by atoms with Gasteiger partial charge in [0.25, 0.3) is 5.91 Å². The zero-order valence-corrected chi connectivity index (χ0v) is 14.2. The number of amides is 3. The van der Waals surface area contributed by atoms with Crippen LogP contribution in [0.2, 0.25) is 0 Å². The molecule has 1 saturated heterocycles. The van der Waals surface area contributed by atoms with Crippen LogP contribution in [0.5, 0.6) is 0 Å². The number of aromatic nitrogens is 1. The first kappa shape index (κ1) is 16.6. The van der Waals surface area contributed by atoms with E-state index in [0.717, 1.165) is 30.6 Å². The molecular formula is C18H23N3O3. The minimum absolute atomic E-state index is 0.159. The van der Waals surface area contributed by atoms with E-state index >= 15 is 0 Å². The van der Waals surface area contributed by atoms with Crippen molar-refractivity contribution in [3.05, 3.63) is 30.1 Å². The third-order valence-corrected chi connectivity index (χ3v) is 5.58. The van der Waals surface area contributed by atoms with E-state index in [0.29, 0.717) is 5.56 Å². The van der Waals surface area contributed by atoms with Gasteiger partial charge in [0.1, 0.15) is 5.54 Å². The molecule has 6 heteroatoms. The normalized spacial score (nSPS) is 25.4. The first-order valence-electron chi connectivity index (χ1n) is 8.49. The minimum Gasteiger partial charge on any atom is -0.313 e. The van der Waals surface area contributed by atoms with Crippen LogP contribution >= 0.6 is 0 Å². The molecule has 0 N–H and O–H groups in total. The standard InChI is InChI=1S/C18H23N3O3/c1-18(14-8-4-3-5-9-14)16(23)21(17(24)20(18)2)12-15(22)13-7-6-10-19-11-13/h6-7,10-11,14H,3-5,8-9,12H2,1-2H3. The van der Waals surface area contributed by atoms with Gasteiger partial charge in [0.15, 0.2) is 5.78 Å². The molecule has 1 atom stereocenters. The van der Waals surface area contributed by atoms with Crippen LogP contribution in [-0.4, -0.2) is 51.6 Å². The molecule has 3 amide bonds. The maximum Gasteiger partial charge on any atom is 0.327 e. The average Bonchev–Trinajstić information content (AvgIpc) is 2.79. The van der Waals surface area contributed by atoms with Crippen LogP contribution in [0.25, 0.3) is 0 Å². The van der Waals surface area contributed by atoms with Gasteiger partial charge >= 0.3 is 6.03 Å². The van der Waals surface area contributed by atoms with Gasteiger partial charge in [-0.1, -0.05) is 19.3 Å². The van der Waals surface area contributed by atoms with Gasteiger partial charge in [0, 0.05) is 25.0 Å². The van der Waals surface area contributed by atoms with Crippen molar-refractivity contribution in [2.24, 2.45) is 5.92 Å². The summed E-state index contributed by atoms with van der Waals surface area (Å²) in [5, 5.41) is 0. The molecule has 2 heterocycles. The molecule has 2 aliphatic rings. The molecule has 1 aliphatic carbocycles. The number of hydrogen-bond donors (Lipinski definition) is 0. The number of carbonyl (C=O) groups excluding carboxylic acids is 3. The Balaban J connectivity index is 1.81. The predicted octanol–water partition coefficient (Wildman–Crippen LogP) is 2.50. The largest absolute Gasteiger partial charge is 0.327 e. The molecule has 0 spiro atoms. The Morgan fingerprint density at radius 2 is 2.00 bits per heavy atom. The molecule has 1 aromatic heterocycles. The number of nitrogens with zero attached hydrogens (tertiary/aromatic N) is 3. The quantitative estimate of drug-likeness (QED) is 0.628. The third-order valence-electron chi connectivity index (χ3n) is 5.58. The van der Waals surface area contributed by atoms with Crippen molar-refractivity contribution in [2.45, 2.75) is 44.6 Å². The highest BCUT2D eigenvalue weighted by Crippen LogP contribution is 2.40. The zero-order chi connectivity index (χ0) is 17.3. The van der Waals surface area contributed by atoms with Gasteiger partial charge in [-0.05, 0) is 37.8 Å².